The van der Waals surface area contributed by atoms with E-state index in [4.69, 9.17) is 14.2 Å². The van der Waals surface area contributed by atoms with Gasteiger partial charge in [0.25, 0.3) is 0 Å². The van der Waals surface area contributed by atoms with Crippen LogP contribution < -0.4 is 0 Å². The first-order valence-electron chi connectivity index (χ1n) is 10.3. The third-order valence-electron chi connectivity index (χ3n) is 7.05. The number of ether oxygens (including phenoxy) is 3. The molecule has 0 N–H and O–H groups in total. The SMILES string of the molecule is COC1=CC2=C3C4=C[N+](=O)C(OC)=CC2(C=C1OC)CC3CC(CC1CC1)C4. The molecular formula is C23H28NO4+. The van der Waals surface area contributed by atoms with Gasteiger partial charge < -0.3 is 14.2 Å². The number of rotatable bonds is 5. The fraction of sp³-hybridized carbons (Fsp3) is 0.565. The Morgan fingerprint density at radius 3 is 2.54 bits per heavy atom. The molecule has 0 amide bonds. The normalized spacial score (nSPS) is 33.8. The summed E-state index contributed by atoms with van der Waals surface area (Å²) in [5, 5.41) is 0. The Hall–Kier alpha value is -2.30. The summed E-state index contributed by atoms with van der Waals surface area (Å²) in [6.45, 7) is 0. The number of hydrogen-bond donors (Lipinski definition) is 0. The molecule has 1 heterocycles. The van der Waals surface area contributed by atoms with Gasteiger partial charge in [-0.2, -0.15) is 0 Å². The predicted molar refractivity (Wildman–Crippen MR) is 105 cm³/mol. The van der Waals surface area contributed by atoms with E-state index in [0.717, 1.165) is 35.0 Å². The number of allylic oxidation sites excluding steroid dienone is 6. The van der Waals surface area contributed by atoms with E-state index in [2.05, 4.69) is 12.2 Å². The van der Waals surface area contributed by atoms with Crippen LogP contribution in [0, 0.1) is 28.1 Å². The van der Waals surface area contributed by atoms with Gasteiger partial charge >= 0.3 is 5.88 Å². The summed E-state index contributed by atoms with van der Waals surface area (Å²) in [5.74, 6) is 3.83. The summed E-state index contributed by atoms with van der Waals surface area (Å²) in [6, 6.07) is 0. The van der Waals surface area contributed by atoms with Crippen molar-refractivity contribution in [2.45, 2.75) is 38.5 Å². The Morgan fingerprint density at radius 2 is 1.86 bits per heavy atom. The molecular weight excluding hydrogens is 354 g/mol. The zero-order valence-corrected chi connectivity index (χ0v) is 16.9. The highest BCUT2D eigenvalue weighted by Crippen LogP contribution is 2.60. The van der Waals surface area contributed by atoms with Crippen LogP contribution in [0.2, 0.25) is 0 Å². The van der Waals surface area contributed by atoms with E-state index in [0.29, 0.717) is 17.7 Å². The van der Waals surface area contributed by atoms with E-state index in [1.54, 1.807) is 27.5 Å². The lowest BCUT2D eigenvalue weighted by Crippen LogP contribution is -2.23. The molecule has 3 unspecified atom stereocenters. The van der Waals surface area contributed by atoms with Gasteiger partial charge in [-0.1, -0.05) is 12.8 Å². The lowest BCUT2D eigenvalue weighted by atomic mass is 9.73. The largest absolute Gasteiger partial charge is 0.493 e. The number of methoxy groups -OCH3 is 3. The maximum absolute atomic E-state index is 12.8. The fourth-order valence-corrected chi connectivity index (χ4v) is 5.75. The maximum atomic E-state index is 12.8. The minimum atomic E-state index is -0.380. The fourth-order valence-electron chi connectivity index (χ4n) is 5.75. The molecule has 2 saturated carbocycles. The van der Waals surface area contributed by atoms with Crippen LogP contribution in [0.3, 0.4) is 0 Å². The third kappa shape index (κ3) is 2.66. The van der Waals surface area contributed by atoms with Gasteiger partial charge in [-0.15, -0.1) is 0 Å². The van der Waals surface area contributed by atoms with Crippen molar-refractivity contribution in [3.05, 3.63) is 63.5 Å². The Bertz CT molecular complexity index is 886. The van der Waals surface area contributed by atoms with Gasteiger partial charge in [-0.25, -0.2) is 0 Å². The molecule has 5 nitrogen and oxygen atoms in total. The van der Waals surface area contributed by atoms with Crippen molar-refractivity contribution in [1.82, 2.24) is 0 Å². The van der Waals surface area contributed by atoms with Gasteiger partial charge in [0, 0.05) is 22.0 Å². The molecule has 3 atom stereocenters. The highest BCUT2D eigenvalue weighted by atomic mass is 16.5. The second-order valence-corrected chi connectivity index (χ2v) is 8.85. The minimum absolute atomic E-state index is 0.344. The first kappa shape index (κ1) is 17.8. The molecule has 0 spiro atoms. The Balaban J connectivity index is 1.67. The Morgan fingerprint density at radius 1 is 1.07 bits per heavy atom. The highest BCUT2D eigenvalue weighted by molar-refractivity contribution is 5.59. The highest BCUT2D eigenvalue weighted by Gasteiger charge is 2.52. The molecule has 1 aliphatic heterocycles. The van der Waals surface area contributed by atoms with E-state index in [-0.39, 0.29) is 5.41 Å². The van der Waals surface area contributed by atoms with Crippen LogP contribution >= 0.6 is 0 Å². The first-order chi connectivity index (χ1) is 13.6. The maximum Gasteiger partial charge on any atom is 0.419 e. The van der Waals surface area contributed by atoms with Crippen molar-refractivity contribution < 1.29 is 19.0 Å². The molecule has 148 valence electrons. The predicted octanol–water partition coefficient (Wildman–Crippen LogP) is 4.74. The van der Waals surface area contributed by atoms with Crippen LogP contribution in [0.25, 0.3) is 0 Å². The summed E-state index contributed by atoms with van der Waals surface area (Å²) in [7, 11) is 4.90. The van der Waals surface area contributed by atoms with Crippen LogP contribution in [0.15, 0.2) is 58.5 Å². The molecule has 0 saturated heterocycles. The molecule has 4 aliphatic carbocycles. The van der Waals surface area contributed by atoms with Crippen LogP contribution in [-0.2, 0) is 14.2 Å². The molecule has 0 radical (unpaired) electrons. The third-order valence-corrected chi connectivity index (χ3v) is 7.05. The Kier molecular flexibility index (Phi) is 4.04. The molecule has 2 bridgehead atoms. The van der Waals surface area contributed by atoms with E-state index in [1.807, 2.05) is 6.08 Å². The molecule has 5 rings (SSSR count). The van der Waals surface area contributed by atoms with Crippen molar-refractivity contribution >= 4 is 0 Å². The van der Waals surface area contributed by atoms with Crippen LogP contribution in [0.1, 0.15) is 38.5 Å². The topological polar surface area (TPSA) is 47.8 Å². The van der Waals surface area contributed by atoms with Gasteiger partial charge in [-0.3, -0.25) is 0 Å². The monoisotopic (exact) mass is 382 g/mol. The van der Waals surface area contributed by atoms with Crippen molar-refractivity contribution in [3.8, 4) is 0 Å². The average molecular weight is 382 g/mol. The number of hydrogen-bond acceptors (Lipinski definition) is 4. The van der Waals surface area contributed by atoms with E-state index in [1.165, 1.54) is 42.4 Å². The summed E-state index contributed by atoms with van der Waals surface area (Å²) in [5.41, 5.74) is 3.39. The van der Waals surface area contributed by atoms with Gasteiger partial charge in [0.1, 0.15) is 4.76 Å². The second kappa shape index (κ2) is 6.36. The number of nitrogens with zero attached hydrogens (tertiary/aromatic N) is 1. The molecule has 0 aromatic heterocycles. The smallest absolute Gasteiger partial charge is 0.419 e. The van der Waals surface area contributed by atoms with Crippen molar-refractivity contribution in [3.63, 3.8) is 0 Å². The zero-order chi connectivity index (χ0) is 19.5. The molecule has 5 aliphatic rings. The second-order valence-electron chi connectivity index (χ2n) is 8.85. The molecule has 28 heavy (non-hydrogen) atoms. The molecule has 2 fully saturated rings. The quantitative estimate of drug-likeness (QED) is 0.645. The Labute approximate surface area is 166 Å². The van der Waals surface area contributed by atoms with E-state index in [9.17, 15) is 4.91 Å². The van der Waals surface area contributed by atoms with Crippen LogP contribution in [-0.4, -0.2) is 26.1 Å². The van der Waals surface area contributed by atoms with Gasteiger partial charge in [0.05, 0.1) is 21.3 Å². The summed E-state index contributed by atoms with van der Waals surface area (Å²) in [6.07, 6.45) is 15.2. The standard InChI is InChI=1S/C23H28NO4/c1-26-19-9-18-22-16-7-15(6-14-4-5-14)8-17(22)13-24(25)21(28-3)12-23(18,10-16)11-20(19)27-2/h9,11-16H,4-8,10H2,1-3H3/q+1. The van der Waals surface area contributed by atoms with Gasteiger partial charge in [0.2, 0.25) is 6.20 Å². The summed E-state index contributed by atoms with van der Waals surface area (Å²) in [4.78, 5) is 12.8. The van der Waals surface area contributed by atoms with Crippen molar-refractivity contribution in [2.24, 2.45) is 23.2 Å². The van der Waals surface area contributed by atoms with Crippen LogP contribution in [0.5, 0.6) is 0 Å². The van der Waals surface area contributed by atoms with E-state index >= 15 is 0 Å². The zero-order valence-electron chi connectivity index (χ0n) is 16.9. The lowest BCUT2D eigenvalue weighted by molar-refractivity contribution is -0.462. The van der Waals surface area contributed by atoms with Crippen molar-refractivity contribution in [2.75, 3.05) is 21.3 Å². The van der Waals surface area contributed by atoms with Gasteiger partial charge in [0.15, 0.2) is 11.5 Å². The first-order valence-corrected chi connectivity index (χ1v) is 10.3. The number of nitroso groups, excluding NO2 is 1. The van der Waals surface area contributed by atoms with Crippen molar-refractivity contribution in [1.29, 1.82) is 0 Å². The molecule has 5 heteroatoms. The van der Waals surface area contributed by atoms with Crippen LogP contribution in [0.4, 0.5) is 0 Å². The lowest BCUT2D eigenvalue weighted by Gasteiger charge is -2.30. The van der Waals surface area contributed by atoms with E-state index < -0.39 is 0 Å². The van der Waals surface area contributed by atoms with Gasteiger partial charge in [-0.05, 0) is 66.7 Å². The minimum Gasteiger partial charge on any atom is -0.493 e. The molecule has 0 aromatic rings. The summed E-state index contributed by atoms with van der Waals surface area (Å²) >= 11 is 0. The average Bonchev–Trinajstić information content (AvgIpc) is 3.43. The summed E-state index contributed by atoms with van der Waals surface area (Å²) < 4.78 is 17.6. The molecule has 0 aromatic carbocycles.